The summed E-state index contributed by atoms with van der Waals surface area (Å²) >= 11 is 0. The van der Waals surface area contributed by atoms with Gasteiger partial charge in [0.2, 0.25) is 0 Å². The first-order valence-electron chi connectivity index (χ1n) is 6.26. The lowest BCUT2D eigenvalue weighted by Gasteiger charge is -2.07. The lowest BCUT2D eigenvalue weighted by molar-refractivity contribution is 0.363. The molecular weight excluding hydrogens is 240 g/mol. The van der Waals surface area contributed by atoms with E-state index in [1.54, 1.807) is 17.0 Å². The van der Waals surface area contributed by atoms with Crippen LogP contribution in [0.3, 0.4) is 0 Å². The maximum absolute atomic E-state index is 5.43. The van der Waals surface area contributed by atoms with Gasteiger partial charge in [0.05, 0.1) is 12.7 Å². The van der Waals surface area contributed by atoms with Crippen LogP contribution in [-0.2, 0) is 13.1 Å². The number of nitrogens with zero attached hydrogens (tertiary/aromatic N) is 3. The molecule has 0 saturated heterocycles. The summed E-state index contributed by atoms with van der Waals surface area (Å²) < 4.78 is 7.23. The van der Waals surface area contributed by atoms with Crippen LogP contribution in [0.2, 0.25) is 0 Å². The van der Waals surface area contributed by atoms with Gasteiger partial charge < -0.3 is 10.1 Å². The lowest BCUT2D eigenvalue weighted by atomic mass is 10.2. The molecule has 0 aliphatic heterocycles. The van der Waals surface area contributed by atoms with Crippen molar-refractivity contribution in [1.29, 1.82) is 0 Å². The zero-order chi connectivity index (χ0) is 13.3. The van der Waals surface area contributed by atoms with Crippen LogP contribution in [0.1, 0.15) is 5.56 Å². The molecule has 1 aromatic heterocycles. The Bertz CT molecular complexity index is 479. The first-order valence-corrected chi connectivity index (χ1v) is 6.26. The molecule has 5 nitrogen and oxygen atoms in total. The Kier molecular flexibility index (Phi) is 5.13. The van der Waals surface area contributed by atoms with Crippen LogP contribution in [0.5, 0.6) is 5.75 Å². The van der Waals surface area contributed by atoms with E-state index < -0.39 is 0 Å². The molecule has 2 aromatic rings. The first-order chi connectivity index (χ1) is 9.38. The van der Waals surface area contributed by atoms with E-state index in [1.165, 1.54) is 5.56 Å². The zero-order valence-corrected chi connectivity index (χ0v) is 10.8. The second kappa shape index (κ2) is 7.33. The second-order valence-corrected chi connectivity index (χ2v) is 4.09. The number of nitrogens with one attached hydrogen (secondary N) is 1. The van der Waals surface area contributed by atoms with Crippen molar-refractivity contribution in [1.82, 2.24) is 20.3 Å². The number of hydrogen-bond acceptors (Lipinski definition) is 4. The molecule has 0 aliphatic rings. The van der Waals surface area contributed by atoms with Gasteiger partial charge in [0.15, 0.2) is 0 Å². The SMILES string of the molecule is C=CCOc1ccc(CNCCn2ccnn2)cc1. The highest BCUT2D eigenvalue weighted by Gasteiger charge is 1.96. The standard InChI is InChI=1S/C14H18N4O/c1-2-11-19-14-5-3-13(4-6-14)12-15-7-9-18-10-8-16-17-18/h2-6,8,10,15H,1,7,9,11-12H2. The molecule has 0 aliphatic carbocycles. The van der Waals surface area contributed by atoms with Crippen LogP contribution in [0, 0.1) is 0 Å². The van der Waals surface area contributed by atoms with E-state index >= 15 is 0 Å². The quantitative estimate of drug-likeness (QED) is 0.577. The van der Waals surface area contributed by atoms with Gasteiger partial charge >= 0.3 is 0 Å². The molecule has 1 aromatic carbocycles. The third-order valence-corrected chi connectivity index (χ3v) is 2.61. The molecule has 1 heterocycles. The van der Waals surface area contributed by atoms with E-state index in [-0.39, 0.29) is 0 Å². The summed E-state index contributed by atoms with van der Waals surface area (Å²) in [5, 5.41) is 11.0. The second-order valence-electron chi connectivity index (χ2n) is 4.09. The van der Waals surface area contributed by atoms with Gasteiger partial charge in [-0.05, 0) is 17.7 Å². The molecule has 0 unspecified atom stereocenters. The average molecular weight is 258 g/mol. The number of rotatable bonds is 8. The van der Waals surface area contributed by atoms with Gasteiger partial charge in [-0.25, -0.2) is 0 Å². The van der Waals surface area contributed by atoms with Crippen molar-refractivity contribution in [2.45, 2.75) is 13.1 Å². The summed E-state index contributed by atoms with van der Waals surface area (Å²) in [6.45, 7) is 6.66. The number of aromatic nitrogens is 3. The summed E-state index contributed by atoms with van der Waals surface area (Å²) in [7, 11) is 0. The number of benzene rings is 1. The molecule has 2 rings (SSSR count). The fourth-order valence-corrected chi connectivity index (χ4v) is 1.64. The Morgan fingerprint density at radius 2 is 2.16 bits per heavy atom. The minimum absolute atomic E-state index is 0.537. The Hall–Kier alpha value is -2.14. The van der Waals surface area contributed by atoms with Crippen molar-refractivity contribution in [3.63, 3.8) is 0 Å². The van der Waals surface area contributed by atoms with Crippen molar-refractivity contribution in [3.8, 4) is 5.75 Å². The third kappa shape index (κ3) is 4.56. The smallest absolute Gasteiger partial charge is 0.119 e. The number of ether oxygens (including phenoxy) is 1. The van der Waals surface area contributed by atoms with Crippen LogP contribution in [0.15, 0.2) is 49.3 Å². The topological polar surface area (TPSA) is 52.0 Å². The highest BCUT2D eigenvalue weighted by Crippen LogP contribution is 2.11. The Morgan fingerprint density at radius 3 is 2.84 bits per heavy atom. The minimum Gasteiger partial charge on any atom is -0.490 e. The highest BCUT2D eigenvalue weighted by atomic mass is 16.5. The van der Waals surface area contributed by atoms with Gasteiger partial charge in [-0.1, -0.05) is 30.0 Å². The monoisotopic (exact) mass is 258 g/mol. The van der Waals surface area contributed by atoms with Crippen molar-refractivity contribution in [3.05, 3.63) is 54.9 Å². The van der Waals surface area contributed by atoms with E-state index in [1.807, 2.05) is 18.3 Å². The molecule has 100 valence electrons. The summed E-state index contributed by atoms with van der Waals surface area (Å²) in [5.74, 6) is 0.867. The predicted octanol–water partition coefficient (Wildman–Crippen LogP) is 1.63. The molecule has 0 bridgehead atoms. The van der Waals surface area contributed by atoms with E-state index in [9.17, 15) is 0 Å². The maximum atomic E-state index is 5.43. The van der Waals surface area contributed by atoms with Gasteiger partial charge in [-0.3, -0.25) is 4.68 Å². The molecular formula is C14H18N4O. The average Bonchev–Trinajstić information content (AvgIpc) is 2.96. The molecule has 5 heteroatoms. The van der Waals surface area contributed by atoms with Crippen molar-refractivity contribution >= 4 is 0 Å². The molecule has 1 N–H and O–H groups in total. The van der Waals surface area contributed by atoms with Gasteiger partial charge in [0.1, 0.15) is 12.4 Å². The summed E-state index contributed by atoms with van der Waals surface area (Å²) in [6.07, 6.45) is 5.27. The van der Waals surface area contributed by atoms with E-state index in [2.05, 4.69) is 34.3 Å². The molecule has 0 saturated carbocycles. The molecule has 0 radical (unpaired) electrons. The Morgan fingerprint density at radius 1 is 1.32 bits per heavy atom. The van der Waals surface area contributed by atoms with E-state index in [4.69, 9.17) is 4.74 Å². The normalized spacial score (nSPS) is 10.3. The Balaban J connectivity index is 1.69. The molecule has 0 amide bonds. The van der Waals surface area contributed by atoms with E-state index in [0.717, 1.165) is 25.4 Å². The van der Waals surface area contributed by atoms with Gasteiger partial charge in [-0.15, -0.1) is 5.10 Å². The van der Waals surface area contributed by atoms with Crippen molar-refractivity contribution in [2.24, 2.45) is 0 Å². The van der Waals surface area contributed by atoms with Gasteiger partial charge in [-0.2, -0.15) is 0 Å². The molecule has 19 heavy (non-hydrogen) atoms. The fourth-order valence-electron chi connectivity index (χ4n) is 1.64. The number of hydrogen-bond donors (Lipinski definition) is 1. The summed E-state index contributed by atoms with van der Waals surface area (Å²) in [4.78, 5) is 0. The summed E-state index contributed by atoms with van der Waals surface area (Å²) in [6, 6.07) is 8.05. The molecule has 0 atom stereocenters. The van der Waals surface area contributed by atoms with E-state index in [0.29, 0.717) is 6.61 Å². The Labute approximate surface area is 112 Å². The molecule has 0 spiro atoms. The van der Waals surface area contributed by atoms with Gasteiger partial charge in [0, 0.05) is 19.3 Å². The van der Waals surface area contributed by atoms with Crippen LogP contribution in [0.4, 0.5) is 0 Å². The largest absolute Gasteiger partial charge is 0.490 e. The first kappa shape index (κ1) is 13.3. The zero-order valence-electron chi connectivity index (χ0n) is 10.8. The van der Waals surface area contributed by atoms with Crippen molar-refractivity contribution < 1.29 is 4.74 Å². The predicted molar refractivity (Wildman–Crippen MR) is 73.9 cm³/mol. The van der Waals surface area contributed by atoms with Crippen LogP contribution >= 0.6 is 0 Å². The van der Waals surface area contributed by atoms with Crippen LogP contribution in [0.25, 0.3) is 0 Å². The minimum atomic E-state index is 0.537. The fraction of sp³-hybridized carbons (Fsp3) is 0.286. The third-order valence-electron chi connectivity index (χ3n) is 2.61. The highest BCUT2D eigenvalue weighted by molar-refractivity contribution is 5.27. The van der Waals surface area contributed by atoms with Crippen LogP contribution < -0.4 is 10.1 Å². The van der Waals surface area contributed by atoms with Crippen LogP contribution in [-0.4, -0.2) is 28.1 Å². The van der Waals surface area contributed by atoms with Gasteiger partial charge in [0.25, 0.3) is 0 Å². The summed E-state index contributed by atoms with van der Waals surface area (Å²) in [5.41, 5.74) is 1.23. The lowest BCUT2D eigenvalue weighted by Crippen LogP contribution is -2.19. The molecule has 0 fully saturated rings. The maximum Gasteiger partial charge on any atom is 0.119 e. The van der Waals surface area contributed by atoms with Crippen molar-refractivity contribution in [2.75, 3.05) is 13.2 Å².